The van der Waals surface area contributed by atoms with Gasteiger partial charge in [0, 0.05) is 0 Å². The average Bonchev–Trinajstić information content (AvgIpc) is 3.04. The molecule has 1 heterocycles. The fourth-order valence-electron chi connectivity index (χ4n) is 3.40. The zero-order valence-electron chi connectivity index (χ0n) is 18.9. The molecule has 2 aromatic rings. The summed E-state index contributed by atoms with van der Waals surface area (Å²) in [5.41, 5.74) is 2.77. The van der Waals surface area contributed by atoms with Crippen LogP contribution in [-0.2, 0) is 20.7 Å². The number of esters is 1. The Morgan fingerprint density at radius 1 is 1.15 bits per heavy atom. The van der Waals surface area contributed by atoms with Gasteiger partial charge in [-0.2, -0.15) is 0 Å². The van der Waals surface area contributed by atoms with Crippen molar-refractivity contribution in [3.05, 3.63) is 56.8 Å². The van der Waals surface area contributed by atoms with Crippen molar-refractivity contribution in [2.24, 2.45) is 0 Å². The predicted octanol–water partition coefficient (Wildman–Crippen LogP) is 4.41. The molecule has 0 bridgehead atoms. The molecule has 0 atom stereocenters. The number of benzene rings is 2. The molecule has 1 fully saturated rings. The monoisotopic (exact) mass is 580 g/mol. The molecular weight excluding hydrogens is 555 g/mol. The van der Waals surface area contributed by atoms with Crippen molar-refractivity contribution >= 4 is 63.6 Å². The number of carbonyl (C=O) groups excluding carboxylic acids is 2. The summed E-state index contributed by atoms with van der Waals surface area (Å²) in [6.45, 7) is 4.28. The standard InChI is InChI=1S/C24H25IN2O5S/c1-5-15-7-9-17(10-8-15)27-23(29)19(26(24(27)33)14-21(28)31-4)12-16-11-18(25)22(32-6-2)20(13-16)30-3/h7-13H,5-6,14H2,1-4H3/b19-12-. The molecule has 33 heavy (non-hydrogen) atoms. The van der Waals surface area contributed by atoms with Crippen molar-refractivity contribution in [3.8, 4) is 11.5 Å². The van der Waals surface area contributed by atoms with E-state index in [0.717, 1.165) is 15.6 Å². The smallest absolute Gasteiger partial charge is 0.325 e. The molecule has 0 unspecified atom stereocenters. The minimum absolute atomic E-state index is 0.179. The summed E-state index contributed by atoms with van der Waals surface area (Å²) < 4.78 is 16.8. The molecule has 2 aromatic carbocycles. The fraction of sp³-hybridized carbons (Fsp3) is 0.292. The van der Waals surface area contributed by atoms with Gasteiger partial charge in [0.1, 0.15) is 12.2 Å². The van der Waals surface area contributed by atoms with Crippen molar-refractivity contribution in [3.63, 3.8) is 0 Å². The van der Waals surface area contributed by atoms with Gasteiger partial charge in [0.25, 0.3) is 5.91 Å². The van der Waals surface area contributed by atoms with Gasteiger partial charge in [0.05, 0.1) is 30.1 Å². The highest BCUT2D eigenvalue weighted by molar-refractivity contribution is 14.1. The maximum Gasteiger partial charge on any atom is 0.325 e. The van der Waals surface area contributed by atoms with Crippen LogP contribution in [0.5, 0.6) is 11.5 Å². The van der Waals surface area contributed by atoms with E-state index in [9.17, 15) is 9.59 Å². The number of thiocarbonyl (C=S) groups is 1. The van der Waals surface area contributed by atoms with E-state index in [2.05, 4.69) is 29.5 Å². The number of ether oxygens (including phenoxy) is 3. The molecule has 0 saturated carbocycles. The fourth-order valence-corrected chi connectivity index (χ4v) is 4.53. The molecule has 0 N–H and O–H groups in total. The van der Waals surface area contributed by atoms with E-state index in [0.29, 0.717) is 29.4 Å². The summed E-state index contributed by atoms with van der Waals surface area (Å²) in [6.07, 6.45) is 2.58. The quantitative estimate of drug-likeness (QED) is 0.198. The van der Waals surface area contributed by atoms with Gasteiger partial charge in [-0.25, -0.2) is 0 Å². The van der Waals surface area contributed by atoms with Gasteiger partial charge >= 0.3 is 5.97 Å². The zero-order chi connectivity index (χ0) is 24.1. The third kappa shape index (κ3) is 5.30. The normalized spacial score (nSPS) is 14.8. The largest absolute Gasteiger partial charge is 0.493 e. The molecule has 1 amide bonds. The van der Waals surface area contributed by atoms with Gasteiger partial charge in [-0.15, -0.1) is 0 Å². The Kier molecular flexibility index (Phi) is 8.30. The highest BCUT2D eigenvalue weighted by Crippen LogP contribution is 2.36. The Bertz CT molecular complexity index is 1100. The third-order valence-electron chi connectivity index (χ3n) is 5.10. The molecule has 0 spiro atoms. The molecule has 9 heteroatoms. The maximum atomic E-state index is 13.5. The molecule has 0 radical (unpaired) electrons. The molecular formula is C24H25IN2O5S. The number of carbonyl (C=O) groups is 2. The first-order valence-corrected chi connectivity index (χ1v) is 11.9. The van der Waals surface area contributed by atoms with Gasteiger partial charge in [0.15, 0.2) is 16.6 Å². The van der Waals surface area contributed by atoms with Crippen LogP contribution in [0.4, 0.5) is 5.69 Å². The number of halogens is 1. The number of hydrogen-bond acceptors (Lipinski definition) is 6. The SMILES string of the molecule is CCOc1c(I)cc(/C=C2/C(=O)N(c3ccc(CC)cc3)C(=S)N2CC(=O)OC)cc1OC. The number of methoxy groups -OCH3 is 2. The number of anilines is 1. The van der Waals surface area contributed by atoms with Crippen molar-refractivity contribution in [1.29, 1.82) is 0 Å². The Morgan fingerprint density at radius 3 is 2.42 bits per heavy atom. The minimum Gasteiger partial charge on any atom is -0.493 e. The van der Waals surface area contributed by atoms with E-state index in [1.165, 1.54) is 16.9 Å². The number of aryl methyl sites for hydroxylation is 1. The molecule has 7 nitrogen and oxygen atoms in total. The zero-order valence-corrected chi connectivity index (χ0v) is 21.9. The maximum absolute atomic E-state index is 13.5. The van der Waals surface area contributed by atoms with Crippen LogP contribution in [0.2, 0.25) is 0 Å². The van der Waals surface area contributed by atoms with Gasteiger partial charge in [0.2, 0.25) is 0 Å². The molecule has 3 rings (SSSR count). The first kappa shape index (κ1) is 25.0. The summed E-state index contributed by atoms with van der Waals surface area (Å²) in [7, 11) is 2.86. The van der Waals surface area contributed by atoms with E-state index in [1.807, 2.05) is 37.3 Å². The summed E-state index contributed by atoms with van der Waals surface area (Å²) >= 11 is 7.77. The molecule has 1 aliphatic heterocycles. The lowest BCUT2D eigenvalue weighted by molar-refractivity contribution is -0.140. The predicted molar refractivity (Wildman–Crippen MR) is 139 cm³/mol. The van der Waals surface area contributed by atoms with Crippen LogP contribution < -0.4 is 14.4 Å². The molecule has 0 aliphatic carbocycles. The highest BCUT2D eigenvalue weighted by atomic mass is 127. The van der Waals surface area contributed by atoms with Crippen LogP contribution in [0.1, 0.15) is 25.0 Å². The van der Waals surface area contributed by atoms with E-state index in [4.69, 9.17) is 26.4 Å². The second-order valence-corrected chi connectivity index (χ2v) is 8.63. The van der Waals surface area contributed by atoms with E-state index < -0.39 is 5.97 Å². The number of nitrogens with zero attached hydrogens (tertiary/aromatic N) is 2. The Hall–Kier alpha value is -2.66. The van der Waals surface area contributed by atoms with Crippen molar-refractivity contribution in [2.75, 3.05) is 32.3 Å². The van der Waals surface area contributed by atoms with E-state index in [-0.39, 0.29) is 23.3 Å². The lowest BCUT2D eigenvalue weighted by Gasteiger charge is -2.19. The number of rotatable bonds is 8. The van der Waals surface area contributed by atoms with Gasteiger partial charge < -0.3 is 19.1 Å². The Labute approximate surface area is 212 Å². The van der Waals surface area contributed by atoms with E-state index in [1.54, 1.807) is 19.3 Å². The molecule has 1 saturated heterocycles. The first-order chi connectivity index (χ1) is 15.8. The third-order valence-corrected chi connectivity index (χ3v) is 6.30. The molecule has 0 aromatic heterocycles. The summed E-state index contributed by atoms with van der Waals surface area (Å²) in [5.74, 6) is 0.365. The summed E-state index contributed by atoms with van der Waals surface area (Å²) in [4.78, 5) is 28.5. The second kappa shape index (κ2) is 11.0. The van der Waals surface area contributed by atoms with Crippen molar-refractivity contribution < 1.29 is 23.8 Å². The van der Waals surface area contributed by atoms with Gasteiger partial charge in [-0.3, -0.25) is 14.5 Å². The lowest BCUT2D eigenvalue weighted by atomic mass is 10.1. The van der Waals surface area contributed by atoms with Crippen molar-refractivity contribution in [2.45, 2.75) is 20.3 Å². The number of hydrogen-bond donors (Lipinski definition) is 0. The van der Waals surface area contributed by atoms with Crippen LogP contribution in [-0.4, -0.2) is 49.3 Å². The second-order valence-electron chi connectivity index (χ2n) is 7.10. The topological polar surface area (TPSA) is 68.3 Å². The van der Waals surface area contributed by atoms with E-state index >= 15 is 0 Å². The summed E-state index contributed by atoms with van der Waals surface area (Å²) in [6, 6.07) is 11.3. The minimum atomic E-state index is -0.502. The number of amides is 1. The van der Waals surface area contributed by atoms with Gasteiger partial charge in [-0.1, -0.05) is 19.1 Å². The highest BCUT2D eigenvalue weighted by Gasteiger charge is 2.40. The van der Waals surface area contributed by atoms with Crippen LogP contribution in [0.25, 0.3) is 6.08 Å². The van der Waals surface area contributed by atoms with Crippen LogP contribution in [0.3, 0.4) is 0 Å². The Balaban J connectivity index is 2.07. The average molecular weight is 580 g/mol. The molecule has 174 valence electrons. The first-order valence-electron chi connectivity index (χ1n) is 10.4. The molecule has 1 aliphatic rings. The van der Waals surface area contributed by atoms with Crippen LogP contribution in [0, 0.1) is 3.57 Å². The van der Waals surface area contributed by atoms with Crippen LogP contribution in [0.15, 0.2) is 42.1 Å². The summed E-state index contributed by atoms with van der Waals surface area (Å²) in [5, 5.41) is 0.216. The van der Waals surface area contributed by atoms with Crippen molar-refractivity contribution in [1.82, 2.24) is 4.90 Å². The lowest BCUT2D eigenvalue weighted by Crippen LogP contribution is -2.35. The van der Waals surface area contributed by atoms with Crippen LogP contribution >= 0.6 is 34.8 Å². The Morgan fingerprint density at radius 2 is 1.85 bits per heavy atom. The van der Waals surface area contributed by atoms with Gasteiger partial charge in [-0.05, 0) is 89.6 Å².